The average Bonchev–Trinajstić information content (AvgIpc) is 2.50. The van der Waals surface area contributed by atoms with E-state index in [1.165, 1.54) is 6.07 Å². The molecule has 0 spiro atoms. The van der Waals surface area contributed by atoms with Gasteiger partial charge in [-0.05, 0) is 49.2 Å². The Balaban J connectivity index is 2.18. The molecule has 2 aromatic carbocycles. The molecule has 0 bridgehead atoms. The monoisotopic (exact) mass is 372 g/mol. The Morgan fingerprint density at radius 3 is 2.48 bits per heavy atom. The smallest absolute Gasteiger partial charge is 0.389 e. The van der Waals surface area contributed by atoms with Crippen LogP contribution in [0.25, 0.3) is 0 Å². The summed E-state index contributed by atoms with van der Waals surface area (Å²) in [6.45, 7) is 3.32. The highest BCUT2D eigenvalue weighted by Crippen LogP contribution is 2.36. The summed E-state index contributed by atoms with van der Waals surface area (Å²) in [5, 5.41) is 14.1. The Morgan fingerprint density at radius 2 is 1.88 bits per heavy atom. The summed E-state index contributed by atoms with van der Waals surface area (Å²) in [6.07, 6.45) is -5.33. The van der Waals surface area contributed by atoms with E-state index in [0.29, 0.717) is 16.8 Å². The van der Waals surface area contributed by atoms with E-state index in [1.54, 1.807) is 32.0 Å². The molecule has 0 fully saturated rings. The first kappa shape index (κ1) is 19.1. The van der Waals surface area contributed by atoms with Crippen LogP contribution in [0.2, 0.25) is 5.02 Å². The number of aliphatic hydroxyl groups is 1. The fraction of sp³-hybridized carbons (Fsp3) is 0.235. The second-order valence-corrected chi connectivity index (χ2v) is 5.87. The van der Waals surface area contributed by atoms with Crippen LogP contribution in [-0.2, 0) is 6.18 Å². The maximum absolute atomic E-state index is 12.8. The van der Waals surface area contributed by atoms with Crippen LogP contribution in [0, 0.1) is 6.92 Å². The largest absolute Gasteiger partial charge is 0.417 e. The van der Waals surface area contributed by atoms with Gasteiger partial charge < -0.3 is 15.7 Å². The molecule has 25 heavy (non-hydrogen) atoms. The number of alkyl halides is 3. The van der Waals surface area contributed by atoms with Gasteiger partial charge in [-0.15, -0.1) is 0 Å². The molecule has 0 saturated heterocycles. The molecular formula is C17H16ClF3N2O2. The first-order chi connectivity index (χ1) is 11.6. The average molecular weight is 373 g/mol. The number of anilines is 2. The molecular weight excluding hydrogens is 357 g/mol. The lowest BCUT2D eigenvalue weighted by Gasteiger charge is -2.15. The molecule has 134 valence electrons. The van der Waals surface area contributed by atoms with Crippen LogP contribution >= 0.6 is 11.6 Å². The van der Waals surface area contributed by atoms with Crippen LogP contribution in [0.1, 0.15) is 29.7 Å². The number of hydrogen-bond acceptors (Lipinski definition) is 2. The number of aliphatic hydroxyl groups excluding tert-OH is 1. The topological polar surface area (TPSA) is 61.4 Å². The van der Waals surface area contributed by atoms with Crippen LogP contribution in [-0.4, -0.2) is 11.1 Å². The second kappa shape index (κ2) is 7.33. The maximum atomic E-state index is 12.8. The fourth-order valence-corrected chi connectivity index (χ4v) is 2.57. The highest BCUT2D eigenvalue weighted by atomic mass is 35.5. The Morgan fingerprint density at radius 1 is 1.20 bits per heavy atom. The van der Waals surface area contributed by atoms with Crippen LogP contribution in [0.15, 0.2) is 36.4 Å². The third-order valence-corrected chi connectivity index (χ3v) is 3.93. The summed E-state index contributed by atoms with van der Waals surface area (Å²) in [5.74, 6) is 0. The molecule has 0 heterocycles. The summed E-state index contributed by atoms with van der Waals surface area (Å²) >= 11 is 5.54. The molecule has 0 saturated carbocycles. The van der Waals surface area contributed by atoms with Crippen molar-refractivity contribution < 1.29 is 23.1 Å². The number of carbonyl (C=O) groups excluding carboxylic acids is 1. The summed E-state index contributed by atoms with van der Waals surface area (Å²) in [5.41, 5.74) is 0.683. The zero-order chi connectivity index (χ0) is 18.8. The van der Waals surface area contributed by atoms with Crippen molar-refractivity contribution in [1.29, 1.82) is 0 Å². The summed E-state index contributed by atoms with van der Waals surface area (Å²) < 4.78 is 38.5. The van der Waals surface area contributed by atoms with Crippen molar-refractivity contribution in [2.45, 2.75) is 26.1 Å². The van der Waals surface area contributed by atoms with Crippen LogP contribution < -0.4 is 10.6 Å². The van der Waals surface area contributed by atoms with Gasteiger partial charge in [0.1, 0.15) is 0 Å². The minimum absolute atomic E-state index is 0.0430. The normalized spacial score (nSPS) is 12.6. The number of halogens is 4. The number of urea groups is 1. The number of rotatable bonds is 3. The molecule has 0 aliphatic carbocycles. The Bertz CT molecular complexity index is 792. The van der Waals surface area contributed by atoms with E-state index in [-0.39, 0.29) is 5.69 Å². The van der Waals surface area contributed by atoms with Gasteiger partial charge in [-0.25, -0.2) is 4.79 Å². The van der Waals surface area contributed by atoms with Gasteiger partial charge in [0.15, 0.2) is 0 Å². The predicted octanol–water partition coefficient (Wildman–Crippen LogP) is 5.36. The molecule has 1 atom stereocenters. The Kier molecular flexibility index (Phi) is 5.59. The van der Waals surface area contributed by atoms with E-state index in [0.717, 1.165) is 12.1 Å². The van der Waals surface area contributed by atoms with Gasteiger partial charge in [-0.1, -0.05) is 23.7 Å². The zero-order valence-corrected chi connectivity index (χ0v) is 14.2. The van der Waals surface area contributed by atoms with Gasteiger partial charge in [0, 0.05) is 11.4 Å². The van der Waals surface area contributed by atoms with Gasteiger partial charge in [0.2, 0.25) is 0 Å². The first-order valence-corrected chi connectivity index (χ1v) is 7.69. The van der Waals surface area contributed by atoms with E-state index < -0.39 is 28.9 Å². The third kappa shape index (κ3) is 4.64. The van der Waals surface area contributed by atoms with Crippen molar-refractivity contribution in [2.75, 3.05) is 10.6 Å². The van der Waals surface area contributed by atoms with Crippen LogP contribution in [0.4, 0.5) is 29.3 Å². The van der Waals surface area contributed by atoms with Gasteiger partial charge in [-0.2, -0.15) is 13.2 Å². The fourth-order valence-electron chi connectivity index (χ4n) is 2.35. The SMILES string of the molecule is Cc1c(NC(=O)Nc2ccc(Cl)c(C(F)(F)F)c2)cccc1C(C)O. The molecule has 0 aromatic heterocycles. The number of nitrogens with one attached hydrogen (secondary N) is 2. The number of hydrogen-bond donors (Lipinski definition) is 3. The highest BCUT2D eigenvalue weighted by Gasteiger charge is 2.33. The zero-order valence-electron chi connectivity index (χ0n) is 13.4. The molecule has 1 unspecified atom stereocenters. The quantitative estimate of drug-likeness (QED) is 0.678. The summed E-state index contributed by atoms with van der Waals surface area (Å²) in [7, 11) is 0. The molecule has 0 radical (unpaired) electrons. The first-order valence-electron chi connectivity index (χ1n) is 7.32. The van der Waals surface area contributed by atoms with Gasteiger partial charge >= 0.3 is 12.2 Å². The lowest BCUT2D eigenvalue weighted by atomic mass is 10.0. The Hall–Kier alpha value is -2.25. The predicted molar refractivity (Wildman–Crippen MR) is 90.9 cm³/mol. The maximum Gasteiger partial charge on any atom is 0.417 e. The number of amides is 2. The van der Waals surface area contributed by atoms with Crippen molar-refractivity contribution in [2.24, 2.45) is 0 Å². The molecule has 2 amide bonds. The van der Waals surface area contributed by atoms with E-state index in [4.69, 9.17) is 11.6 Å². The van der Waals surface area contributed by atoms with Gasteiger partial charge in [-0.3, -0.25) is 0 Å². The van der Waals surface area contributed by atoms with E-state index in [9.17, 15) is 23.1 Å². The van der Waals surface area contributed by atoms with Crippen LogP contribution in [0.3, 0.4) is 0 Å². The van der Waals surface area contributed by atoms with Crippen molar-refractivity contribution >= 4 is 29.0 Å². The van der Waals surface area contributed by atoms with Crippen molar-refractivity contribution in [3.8, 4) is 0 Å². The molecule has 2 rings (SSSR count). The number of carbonyl (C=O) groups is 1. The lowest BCUT2D eigenvalue weighted by Crippen LogP contribution is -2.20. The van der Waals surface area contributed by atoms with Crippen molar-refractivity contribution in [3.05, 3.63) is 58.1 Å². The van der Waals surface area contributed by atoms with Crippen molar-refractivity contribution in [3.63, 3.8) is 0 Å². The second-order valence-electron chi connectivity index (χ2n) is 5.47. The minimum atomic E-state index is -4.62. The number of benzene rings is 2. The molecule has 0 aliphatic heterocycles. The summed E-state index contributed by atoms with van der Waals surface area (Å²) in [6, 6.07) is 7.41. The Labute approximate surface area is 147 Å². The van der Waals surface area contributed by atoms with Crippen molar-refractivity contribution in [1.82, 2.24) is 0 Å². The van der Waals surface area contributed by atoms with Gasteiger partial charge in [0.25, 0.3) is 0 Å². The lowest BCUT2D eigenvalue weighted by molar-refractivity contribution is -0.137. The summed E-state index contributed by atoms with van der Waals surface area (Å²) in [4.78, 5) is 12.1. The van der Waals surface area contributed by atoms with E-state index in [1.807, 2.05) is 0 Å². The molecule has 0 aliphatic rings. The highest BCUT2D eigenvalue weighted by molar-refractivity contribution is 6.31. The molecule has 8 heteroatoms. The molecule has 2 aromatic rings. The van der Waals surface area contributed by atoms with Crippen LogP contribution in [0.5, 0.6) is 0 Å². The standard InChI is InChI=1S/C17H16ClF3N2O2/c1-9-12(10(2)24)4-3-5-15(9)23-16(25)22-11-6-7-14(18)13(8-11)17(19,20)21/h3-8,10,24H,1-2H3,(H2,22,23,25). The van der Waals surface area contributed by atoms with E-state index >= 15 is 0 Å². The van der Waals surface area contributed by atoms with E-state index in [2.05, 4.69) is 10.6 Å². The minimum Gasteiger partial charge on any atom is -0.389 e. The molecule has 4 nitrogen and oxygen atoms in total. The third-order valence-electron chi connectivity index (χ3n) is 3.60. The van der Waals surface area contributed by atoms with Gasteiger partial charge in [0.05, 0.1) is 16.7 Å². The molecule has 3 N–H and O–H groups in total.